The van der Waals surface area contributed by atoms with E-state index in [0.717, 1.165) is 13.2 Å². The van der Waals surface area contributed by atoms with Crippen LogP contribution in [0.1, 0.15) is 22.7 Å². The van der Waals surface area contributed by atoms with E-state index in [4.69, 9.17) is 17.8 Å². The fraction of sp³-hybridized carbons (Fsp3) is 0.190. The monoisotopic (exact) mass is 443 g/mol. The molecule has 1 aliphatic rings. The molecule has 2 aromatic carbocycles. The van der Waals surface area contributed by atoms with Gasteiger partial charge in [-0.25, -0.2) is 14.0 Å². The second-order valence-electron chi connectivity index (χ2n) is 6.70. The molecule has 1 atom stereocenters. The summed E-state index contributed by atoms with van der Waals surface area (Å²) in [6.07, 6.45) is -5.31. The van der Waals surface area contributed by atoms with Gasteiger partial charge in [0.2, 0.25) is 0 Å². The Hall–Kier alpha value is -3.81. The number of anilines is 1. The fourth-order valence-corrected chi connectivity index (χ4v) is 3.36. The molecule has 162 valence electrons. The topological polar surface area (TPSA) is 82.4 Å². The molecule has 1 heterocycles. The minimum Gasteiger partial charge on any atom is -0.466 e. The van der Waals surface area contributed by atoms with E-state index < -0.39 is 47.6 Å². The van der Waals surface area contributed by atoms with Crippen LogP contribution in [0.3, 0.4) is 0 Å². The number of hydrogen-bond acceptors (Lipinski definition) is 4. The summed E-state index contributed by atoms with van der Waals surface area (Å²) >= 11 is 0. The van der Waals surface area contributed by atoms with E-state index in [9.17, 15) is 27.2 Å². The summed E-state index contributed by atoms with van der Waals surface area (Å²) in [7, 11) is 6.86. The predicted molar refractivity (Wildman–Crippen MR) is 106 cm³/mol. The number of nitrogens with zero attached hydrogens (tertiary/aromatic N) is 2. The van der Waals surface area contributed by atoms with Gasteiger partial charge in [0.05, 0.1) is 49.5 Å². The molecule has 6 nitrogen and oxygen atoms in total. The zero-order valence-corrected chi connectivity index (χ0v) is 16.5. The molecule has 0 bridgehead atoms. The molecule has 0 saturated carbocycles. The van der Waals surface area contributed by atoms with Crippen molar-refractivity contribution in [1.29, 1.82) is 5.26 Å². The van der Waals surface area contributed by atoms with Crippen molar-refractivity contribution in [3.05, 3.63) is 76.2 Å². The Bertz CT molecular complexity index is 1140. The zero-order chi connectivity index (χ0) is 23.6. The molecular weight excluding hydrogens is 429 g/mol. The summed E-state index contributed by atoms with van der Waals surface area (Å²) < 4.78 is 58.3. The molecule has 0 fully saturated rings. The van der Waals surface area contributed by atoms with Gasteiger partial charge < -0.3 is 10.1 Å². The average molecular weight is 443 g/mol. The smallest absolute Gasteiger partial charge is 0.416 e. The largest absolute Gasteiger partial charge is 0.466 e. The molecule has 0 spiro atoms. The summed E-state index contributed by atoms with van der Waals surface area (Å²) in [5, 5.41) is 11.5. The van der Waals surface area contributed by atoms with Crippen LogP contribution in [0.2, 0.25) is 6.32 Å². The molecule has 1 aliphatic heterocycles. The first-order valence-corrected chi connectivity index (χ1v) is 9.10. The number of hydrogen-bond donors (Lipinski definition) is 1. The van der Waals surface area contributed by atoms with E-state index in [1.54, 1.807) is 0 Å². The van der Waals surface area contributed by atoms with Crippen molar-refractivity contribution in [2.75, 3.05) is 12.0 Å². The summed E-state index contributed by atoms with van der Waals surface area (Å²) in [6.45, 7) is 0. The Balaban J connectivity index is 2.21. The molecular formula is C21H14BF4N3O3. The Morgan fingerprint density at radius 3 is 2.44 bits per heavy atom. The van der Waals surface area contributed by atoms with Crippen LogP contribution in [-0.4, -0.2) is 27.0 Å². The fourth-order valence-electron chi connectivity index (χ4n) is 3.36. The van der Waals surface area contributed by atoms with E-state index in [2.05, 4.69) is 5.32 Å². The van der Waals surface area contributed by atoms with Gasteiger partial charge in [0.15, 0.2) is 0 Å². The maximum absolute atomic E-state index is 14.0. The van der Waals surface area contributed by atoms with Crippen molar-refractivity contribution in [1.82, 2.24) is 5.32 Å². The lowest BCUT2D eigenvalue weighted by atomic mass is 9.88. The molecule has 11 heteroatoms. The highest BCUT2D eigenvalue weighted by Crippen LogP contribution is 2.38. The maximum atomic E-state index is 14.0. The summed E-state index contributed by atoms with van der Waals surface area (Å²) in [5.41, 5.74) is -1.34. The number of esters is 1. The molecule has 0 saturated heterocycles. The molecule has 2 aromatic rings. The minimum absolute atomic E-state index is 0.142. The Kier molecular flexibility index (Phi) is 6.25. The SMILES string of the molecule is [B]CC1=C(C(=O)OC)C(c2ccc(C#N)cc2)NC(=O)N1c1cc(F)cc(C(F)(F)F)c1. The number of nitrogens with one attached hydrogen (secondary N) is 1. The first kappa shape index (κ1) is 22.9. The second-order valence-corrected chi connectivity index (χ2v) is 6.70. The van der Waals surface area contributed by atoms with E-state index in [1.165, 1.54) is 24.3 Å². The minimum atomic E-state index is -4.87. The van der Waals surface area contributed by atoms with Crippen molar-refractivity contribution < 1.29 is 31.9 Å². The van der Waals surface area contributed by atoms with Crippen LogP contribution in [0.4, 0.5) is 28.0 Å². The standard InChI is InChI=1S/C21H14BF4N3O3/c1-32-19(30)17-16(9-22)29(15-7-13(21(24,25)26)6-14(23)8-15)20(31)28-18(17)12-4-2-11(10-27)3-5-12/h2-8,18H,9H2,1H3,(H,28,31). The number of carbonyl (C=O) groups excluding carboxylic acids is 2. The van der Waals surface area contributed by atoms with Crippen molar-refractivity contribution in [2.45, 2.75) is 18.5 Å². The van der Waals surface area contributed by atoms with Gasteiger partial charge in [-0.3, -0.25) is 4.90 Å². The highest BCUT2D eigenvalue weighted by Gasteiger charge is 2.39. The van der Waals surface area contributed by atoms with Crippen LogP contribution >= 0.6 is 0 Å². The van der Waals surface area contributed by atoms with Gasteiger partial charge in [-0.1, -0.05) is 12.1 Å². The highest BCUT2D eigenvalue weighted by molar-refractivity contribution is 6.14. The number of benzene rings is 2. The number of ether oxygens (including phenoxy) is 1. The summed E-state index contributed by atoms with van der Waals surface area (Å²) in [4.78, 5) is 26.2. The number of rotatable bonds is 4. The molecule has 32 heavy (non-hydrogen) atoms. The predicted octanol–water partition coefficient (Wildman–Crippen LogP) is 4.00. The summed E-state index contributed by atoms with van der Waals surface area (Å²) in [5.74, 6) is -2.12. The van der Waals surface area contributed by atoms with E-state index in [1.807, 2.05) is 6.07 Å². The van der Waals surface area contributed by atoms with Gasteiger partial charge in [0, 0.05) is 5.70 Å². The summed E-state index contributed by atoms with van der Waals surface area (Å²) in [6, 6.07) is 7.47. The van der Waals surface area contributed by atoms with Gasteiger partial charge in [-0.15, -0.1) is 0 Å². The molecule has 1 N–H and O–H groups in total. The lowest BCUT2D eigenvalue weighted by Crippen LogP contribution is -2.48. The van der Waals surface area contributed by atoms with Crippen LogP contribution in [0.5, 0.6) is 0 Å². The molecule has 3 rings (SSSR count). The van der Waals surface area contributed by atoms with E-state index in [0.29, 0.717) is 22.1 Å². The number of alkyl halides is 3. The second kappa shape index (κ2) is 8.74. The number of nitriles is 1. The molecule has 0 aromatic heterocycles. The number of amides is 2. The van der Waals surface area contributed by atoms with Gasteiger partial charge in [-0.2, -0.15) is 18.4 Å². The first-order chi connectivity index (χ1) is 15.1. The quantitative estimate of drug-likeness (QED) is 0.440. The van der Waals surface area contributed by atoms with E-state index in [-0.39, 0.29) is 17.3 Å². The average Bonchev–Trinajstić information content (AvgIpc) is 2.76. The lowest BCUT2D eigenvalue weighted by Gasteiger charge is -2.36. The van der Waals surface area contributed by atoms with Gasteiger partial charge in [0.25, 0.3) is 0 Å². The van der Waals surface area contributed by atoms with Crippen LogP contribution in [0.25, 0.3) is 0 Å². The van der Waals surface area contributed by atoms with Crippen molar-refractivity contribution >= 4 is 25.5 Å². The third kappa shape index (κ3) is 4.30. The van der Waals surface area contributed by atoms with Crippen LogP contribution in [0, 0.1) is 17.1 Å². The first-order valence-electron chi connectivity index (χ1n) is 9.10. The number of methoxy groups -OCH3 is 1. The van der Waals surface area contributed by atoms with Crippen molar-refractivity contribution in [2.24, 2.45) is 0 Å². The molecule has 2 amide bonds. The van der Waals surface area contributed by atoms with Gasteiger partial charge in [-0.05, 0) is 42.2 Å². The molecule has 1 unspecified atom stereocenters. The maximum Gasteiger partial charge on any atom is 0.416 e. The Morgan fingerprint density at radius 2 is 1.91 bits per heavy atom. The number of halogens is 4. The number of carbonyl (C=O) groups is 2. The zero-order valence-electron chi connectivity index (χ0n) is 16.5. The number of allylic oxidation sites excluding steroid dienone is 1. The normalized spacial score (nSPS) is 16.4. The Morgan fingerprint density at radius 1 is 1.25 bits per heavy atom. The third-order valence-corrected chi connectivity index (χ3v) is 4.78. The highest BCUT2D eigenvalue weighted by atomic mass is 19.4. The Labute approximate surface area is 181 Å². The third-order valence-electron chi connectivity index (χ3n) is 4.78. The van der Waals surface area contributed by atoms with Gasteiger partial charge >= 0.3 is 18.2 Å². The van der Waals surface area contributed by atoms with E-state index >= 15 is 0 Å². The number of urea groups is 1. The van der Waals surface area contributed by atoms with Crippen LogP contribution in [-0.2, 0) is 15.7 Å². The lowest BCUT2D eigenvalue weighted by molar-refractivity contribution is -0.138. The van der Waals surface area contributed by atoms with Crippen LogP contribution < -0.4 is 10.2 Å². The van der Waals surface area contributed by atoms with Gasteiger partial charge in [0.1, 0.15) is 5.82 Å². The van der Waals surface area contributed by atoms with Crippen LogP contribution in [0.15, 0.2) is 53.7 Å². The van der Waals surface area contributed by atoms with Crippen molar-refractivity contribution in [3.63, 3.8) is 0 Å². The molecule has 0 aliphatic carbocycles. The molecule has 2 radical (unpaired) electrons. The van der Waals surface area contributed by atoms with Crippen molar-refractivity contribution in [3.8, 4) is 6.07 Å².